The van der Waals surface area contributed by atoms with Crippen LogP contribution in [0.25, 0.3) is 0 Å². The summed E-state index contributed by atoms with van der Waals surface area (Å²) in [6.45, 7) is 10.9. The second kappa shape index (κ2) is 16.9. The first-order valence-corrected chi connectivity index (χ1v) is 23.4. The minimum Gasteiger partial charge on any atom is -0.394 e. The average molecular weight is 901 g/mol. The lowest BCUT2D eigenvalue weighted by Gasteiger charge is -2.60. The molecule has 0 aromatic rings. The molecule has 0 bridgehead atoms. The highest BCUT2D eigenvalue weighted by atomic mass is 16.8. The van der Waals surface area contributed by atoms with E-state index in [1.807, 2.05) is 13.8 Å². The van der Waals surface area contributed by atoms with Gasteiger partial charge in [-0.15, -0.1) is 0 Å². The largest absolute Gasteiger partial charge is 0.394 e. The molecule has 18 nitrogen and oxygen atoms in total. The number of aliphatic hydroxyl groups is 10. The van der Waals surface area contributed by atoms with Crippen LogP contribution in [0.4, 0.5) is 0 Å². The third kappa shape index (κ3) is 7.27. The predicted octanol–water partition coefficient (Wildman–Crippen LogP) is -0.325. The minimum absolute atomic E-state index is 0.000831. The van der Waals surface area contributed by atoms with E-state index in [9.17, 15) is 51.1 Å². The summed E-state index contributed by atoms with van der Waals surface area (Å²) in [6.07, 6.45) is -14.6. The van der Waals surface area contributed by atoms with Crippen LogP contribution in [0.5, 0.6) is 0 Å². The second-order valence-corrected chi connectivity index (χ2v) is 21.2. The van der Waals surface area contributed by atoms with Crippen LogP contribution < -0.4 is 0 Å². The van der Waals surface area contributed by atoms with Crippen molar-refractivity contribution in [1.29, 1.82) is 0 Å². The zero-order valence-corrected chi connectivity index (χ0v) is 37.2. The Morgan fingerprint density at radius 3 is 1.92 bits per heavy atom. The lowest BCUT2D eigenvalue weighted by Crippen LogP contribution is -2.66. The highest BCUT2D eigenvalue weighted by Gasteiger charge is 2.76. The SMILES string of the molecule is C[C@@H]1CC[C@@]2(O[C@H]1O)O[C@H]1C[C@H]3[C@@H]4CC=C5C[C@@H](O[C@@H]6O[C@H](CO)[C@@H](O[C@@H]7O[C@@H](C)[C@H](O)[C@@H](O)[C@H]7O)[C@H](O)[C@H]6O[C@@H]6O[C@@H](C)[C@H](O)[C@@H](O)[C@H]6O)CC[C@]5(C)[C@H]4CC[C@]3(C)[C@@]1(O)[C@@H]2C. The van der Waals surface area contributed by atoms with Crippen molar-refractivity contribution in [2.45, 2.75) is 221 Å². The molecule has 0 aromatic carbocycles. The molecule has 27 atom stereocenters. The maximum atomic E-state index is 12.8. The standard InChI is InChI=1S/C45H72O18/c1-18-9-14-44(63-38(18)54)21(4)45(55)28(62-44)16-26-24-8-7-22-15-23(10-12-42(22,5)25(24)11-13-43(26,45)6)58-41-37(61-40-34(52)32(50)30(48)20(3)57-40)35(53)36(27(17-46)59-41)60-39-33(51)31(49)29(47)19(2)56-39/h7,18-21,23-41,46-55H,8-17H2,1-6H3/t18-,19+,20+,21-,23+,24-,25+,26+,27-,28+,29+,30+,31-,32-,33-,34-,35+,36-,37-,38-,39+,40+,41-,42+,43+,44+,45-/m1/s1. The van der Waals surface area contributed by atoms with Crippen molar-refractivity contribution in [1.82, 2.24) is 0 Å². The van der Waals surface area contributed by atoms with Crippen molar-refractivity contribution in [2.75, 3.05) is 6.61 Å². The van der Waals surface area contributed by atoms with Crippen LogP contribution in [0.1, 0.15) is 99.3 Å². The van der Waals surface area contributed by atoms with Gasteiger partial charge in [-0.05, 0) is 88.4 Å². The number of aliphatic hydroxyl groups excluding tert-OH is 9. The number of allylic oxidation sites excluding steroid dienone is 1. The van der Waals surface area contributed by atoms with E-state index in [4.69, 9.17) is 37.9 Å². The lowest BCUT2D eigenvalue weighted by molar-refractivity contribution is -0.388. The van der Waals surface area contributed by atoms with Crippen LogP contribution in [0, 0.1) is 40.4 Å². The average Bonchev–Trinajstić information content (AvgIpc) is 3.61. The zero-order valence-electron chi connectivity index (χ0n) is 37.2. The Morgan fingerprint density at radius 2 is 1.30 bits per heavy atom. The monoisotopic (exact) mass is 900 g/mol. The molecule has 5 saturated heterocycles. The van der Waals surface area contributed by atoms with Crippen LogP contribution in [0.15, 0.2) is 11.6 Å². The smallest absolute Gasteiger partial charge is 0.187 e. The third-order valence-electron chi connectivity index (χ3n) is 18.1. The van der Waals surface area contributed by atoms with E-state index in [-0.39, 0.29) is 23.2 Å². The second-order valence-electron chi connectivity index (χ2n) is 21.2. The van der Waals surface area contributed by atoms with Gasteiger partial charge < -0.3 is 89.0 Å². The fraction of sp³-hybridized carbons (Fsp3) is 0.956. The summed E-state index contributed by atoms with van der Waals surface area (Å²) in [7, 11) is 0. The van der Waals surface area contributed by atoms with Crippen LogP contribution in [-0.2, 0) is 37.9 Å². The molecule has 360 valence electrons. The van der Waals surface area contributed by atoms with Crippen LogP contribution >= 0.6 is 0 Å². The summed E-state index contributed by atoms with van der Waals surface area (Å²) in [5.41, 5.74) is -0.392. The van der Waals surface area contributed by atoms with Crippen molar-refractivity contribution in [3.63, 3.8) is 0 Å². The van der Waals surface area contributed by atoms with Gasteiger partial charge in [-0.3, -0.25) is 0 Å². The molecule has 10 N–H and O–H groups in total. The summed E-state index contributed by atoms with van der Waals surface area (Å²) >= 11 is 0. The zero-order chi connectivity index (χ0) is 45.3. The van der Waals surface area contributed by atoms with Gasteiger partial charge in [-0.25, -0.2) is 0 Å². The van der Waals surface area contributed by atoms with E-state index in [1.54, 1.807) is 0 Å². The van der Waals surface area contributed by atoms with Crippen molar-refractivity contribution >= 4 is 0 Å². The number of ether oxygens (including phenoxy) is 8. The van der Waals surface area contributed by atoms with Gasteiger partial charge in [0.1, 0.15) is 66.6 Å². The third-order valence-corrected chi connectivity index (χ3v) is 18.1. The maximum absolute atomic E-state index is 12.8. The van der Waals surface area contributed by atoms with Crippen LogP contribution in [0.2, 0.25) is 0 Å². The molecule has 0 aromatic heterocycles. The molecule has 5 heterocycles. The molecule has 4 aliphatic carbocycles. The van der Waals surface area contributed by atoms with Crippen molar-refractivity contribution in [3.05, 3.63) is 11.6 Å². The lowest BCUT2D eigenvalue weighted by atomic mass is 9.46. The Hall–Kier alpha value is -0.980. The van der Waals surface area contributed by atoms with Gasteiger partial charge in [-0.1, -0.05) is 39.3 Å². The van der Waals surface area contributed by atoms with Gasteiger partial charge in [0, 0.05) is 23.7 Å². The number of hydrogen-bond donors (Lipinski definition) is 10. The summed E-state index contributed by atoms with van der Waals surface area (Å²) in [6, 6.07) is 0. The molecular formula is C45H72O18. The number of rotatable bonds is 7. The normalized spacial score (nSPS) is 59.3. The Morgan fingerprint density at radius 1 is 0.667 bits per heavy atom. The Kier molecular flexibility index (Phi) is 12.6. The van der Waals surface area contributed by atoms with E-state index >= 15 is 0 Å². The minimum atomic E-state index is -1.73. The summed E-state index contributed by atoms with van der Waals surface area (Å²) in [5, 5.41) is 109. The molecule has 8 fully saturated rings. The molecule has 18 heteroatoms. The first-order valence-electron chi connectivity index (χ1n) is 23.4. The molecule has 9 aliphatic rings. The molecule has 0 radical (unpaired) electrons. The van der Waals surface area contributed by atoms with E-state index in [0.29, 0.717) is 31.1 Å². The van der Waals surface area contributed by atoms with Gasteiger partial charge in [0.15, 0.2) is 30.9 Å². The molecule has 0 unspecified atom stereocenters. The van der Waals surface area contributed by atoms with Gasteiger partial charge in [0.2, 0.25) is 0 Å². The molecular weight excluding hydrogens is 828 g/mol. The van der Waals surface area contributed by atoms with E-state index in [2.05, 4.69) is 19.9 Å². The highest BCUT2D eigenvalue weighted by Crippen LogP contribution is 2.72. The molecule has 63 heavy (non-hydrogen) atoms. The topological polar surface area (TPSA) is 276 Å². The van der Waals surface area contributed by atoms with E-state index in [0.717, 1.165) is 38.5 Å². The maximum Gasteiger partial charge on any atom is 0.187 e. The Bertz CT molecular complexity index is 1690. The van der Waals surface area contributed by atoms with Crippen molar-refractivity contribution in [2.24, 2.45) is 40.4 Å². The molecule has 9 rings (SSSR count). The molecule has 1 spiro atoms. The van der Waals surface area contributed by atoms with Gasteiger partial charge in [0.05, 0.1) is 31.0 Å². The van der Waals surface area contributed by atoms with E-state index in [1.165, 1.54) is 19.4 Å². The number of hydrogen-bond acceptors (Lipinski definition) is 18. The summed E-state index contributed by atoms with van der Waals surface area (Å²) in [5.74, 6) is -0.417. The first-order chi connectivity index (χ1) is 29.7. The Balaban J connectivity index is 0.924. The highest BCUT2D eigenvalue weighted by molar-refractivity contribution is 5.29. The summed E-state index contributed by atoms with van der Waals surface area (Å²) in [4.78, 5) is 0. The van der Waals surface area contributed by atoms with Gasteiger partial charge >= 0.3 is 0 Å². The fourth-order valence-electron chi connectivity index (χ4n) is 13.9. The Labute approximate surface area is 368 Å². The van der Waals surface area contributed by atoms with E-state index < -0.39 is 134 Å². The first kappa shape index (κ1) is 47.1. The van der Waals surface area contributed by atoms with Gasteiger partial charge in [0.25, 0.3) is 0 Å². The fourth-order valence-corrected chi connectivity index (χ4v) is 13.9. The summed E-state index contributed by atoms with van der Waals surface area (Å²) < 4.78 is 49.5. The van der Waals surface area contributed by atoms with Crippen LogP contribution in [-0.4, -0.2) is 180 Å². The molecule has 0 amide bonds. The van der Waals surface area contributed by atoms with Crippen molar-refractivity contribution < 1.29 is 89.0 Å². The van der Waals surface area contributed by atoms with Gasteiger partial charge in [-0.2, -0.15) is 0 Å². The predicted molar refractivity (Wildman–Crippen MR) is 215 cm³/mol. The number of fused-ring (bicyclic) bond motifs is 7. The van der Waals surface area contributed by atoms with Crippen LogP contribution in [0.3, 0.4) is 0 Å². The van der Waals surface area contributed by atoms with Crippen molar-refractivity contribution in [3.8, 4) is 0 Å². The molecule has 3 saturated carbocycles. The molecule has 5 aliphatic heterocycles. The quantitative estimate of drug-likeness (QED) is 0.147.